The first-order valence-electron chi connectivity index (χ1n) is 10.6. The molecule has 0 unspecified atom stereocenters. The van der Waals surface area contributed by atoms with Crippen molar-refractivity contribution in [3.05, 3.63) is 60.2 Å². The van der Waals surface area contributed by atoms with E-state index < -0.39 is 0 Å². The monoisotopic (exact) mass is 393 g/mol. The summed E-state index contributed by atoms with van der Waals surface area (Å²) in [5.41, 5.74) is 3.21. The molecule has 0 spiro atoms. The molecule has 0 bridgehead atoms. The summed E-state index contributed by atoms with van der Waals surface area (Å²) in [6.07, 6.45) is 5.52. The van der Waals surface area contributed by atoms with Crippen LogP contribution in [-0.2, 0) is 16.0 Å². The van der Waals surface area contributed by atoms with Gasteiger partial charge in [0.2, 0.25) is 11.8 Å². The number of nitrogens with zero attached hydrogens (tertiary/aromatic N) is 2. The molecule has 29 heavy (non-hydrogen) atoms. The normalized spacial score (nSPS) is 13.8. The van der Waals surface area contributed by atoms with Gasteiger partial charge >= 0.3 is 0 Å². The molecule has 154 valence electrons. The Morgan fingerprint density at radius 3 is 2.31 bits per heavy atom. The minimum atomic E-state index is -0.161. The van der Waals surface area contributed by atoms with Crippen molar-refractivity contribution in [1.82, 2.24) is 4.90 Å². The Kier molecular flexibility index (Phi) is 7.68. The van der Waals surface area contributed by atoms with E-state index in [2.05, 4.69) is 34.5 Å². The third-order valence-corrected chi connectivity index (χ3v) is 5.39. The van der Waals surface area contributed by atoms with Crippen molar-refractivity contribution in [3.8, 4) is 0 Å². The molecule has 0 saturated carbocycles. The highest BCUT2D eigenvalue weighted by atomic mass is 16.2. The van der Waals surface area contributed by atoms with Crippen LogP contribution in [0.15, 0.2) is 54.6 Å². The van der Waals surface area contributed by atoms with Gasteiger partial charge in [-0.2, -0.15) is 0 Å². The van der Waals surface area contributed by atoms with Crippen molar-refractivity contribution in [2.75, 3.05) is 36.4 Å². The van der Waals surface area contributed by atoms with Gasteiger partial charge in [0.05, 0.1) is 6.54 Å². The van der Waals surface area contributed by atoms with Gasteiger partial charge in [0.15, 0.2) is 0 Å². The van der Waals surface area contributed by atoms with E-state index in [-0.39, 0.29) is 18.4 Å². The molecule has 2 aromatic carbocycles. The summed E-state index contributed by atoms with van der Waals surface area (Å²) in [5, 5.41) is 2.91. The van der Waals surface area contributed by atoms with Crippen LogP contribution in [0.2, 0.25) is 0 Å². The van der Waals surface area contributed by atoms with Crippen LogP contribution in [0.1, 0.15) is 38.2 Å². The van der Waals surface area contributed by atoms with Crippen LogP contribution in [0.3, 0.4) is 0 Å². The van der Waals surface area contributed by atoms with Gasteiger partial charge < -0.3 is 15.1 Å². The minimum absolute atomic E-state index is 0.0753. The van der Waals surface area contributed by atoms with Crippen molar-refractivity contribution in [1.29, 1.82) is 0 Å². The molecule has 1 saturated heterocycles. The van der Waals surface area contributed by atoms with E-state index in [0.29, 0.717) is 6.54 Å². The zero-order valence-electron chi connectivity index (χ0n) is 17.3. The number of amides is 2. The molecule has 0 atom stereocenters. The fourth-order valence-electron chi connectivity index (χ4n) is 3.75. The highest BCUT2D eigenvalue weighted by molar-refractivity contribution is 5.94. The van der Waals surface area contributed by atoms with Crippen LogP contribution < -0.4 is 10.2 Å². The lowest BCUT2D eigenvalue weighted by molar-refractivity contribution is -0.132. The number of anilines is 2. The first-order valence-corrected chi connectivity index (χ1v) is 10.6. The average molecular weight is 394 g/mol. The maximum Gasteiger partial charge on any atom is 0.243 e. The zero-order chi connectivity index (χ0) is 20.5. The van der Waals surface area contributed by atoms with E-state index in [1.165, 1.54) is 37.4 Å². The molecular weight excluding hydrogens is 362 g/mol. The van der Waals surface area contributed by atoms with Gasteiger partial charge in [0.1, 0.15) is 0 Å². The first kappa shape index (κ1) is 20.9. The van der Waals surface area contributed by atoms with Gasteiger partial charge in [-0.05, 0) is 61.9 Å². The van der Waals surface area contributed by atoms with E-state index in [1.54, 1.807) is 4.90 Å². The summed E-state index contributed by atoms with van der Waals surface area (Å²) < 4.78 is 0. The van der Waals surface area contributed by atoms with Crippen molar-refractivity contribution in [2.24, 2.45) is 0 Å². The highest BCUT2D eigenvalue weighted by Gasteiger charge is 2.14. The Morgan fingerprint density at radius 2 is 1.66 bits per heavy atom. The van der Waals surface area contributed by atoms with E-state index in [9.17, 15) is 9.59 Å². The predicted molar refractivity (Wildman–Crippen MR) is 118 cm³/mol. The number of benzene rings is 2. The van der Waals surface area contributed by atoms with Crippen LogP contribution in [0.5, 0.6) is 0 Å². The van der Waals surface area contributed by atoms with Crippen LogP contribution in [0, 0.1) is 0 Å². The Labute approximate surface area is 173 Å². The average Bonchev–Trinajstić information content (AvgIpc) is 2.75. The molecule has 3 rings (SSSR count). The quantitative estimate of drug-likeness (QED) is 0.735. The Hall–Kier alpha value is -2.82. The van der Waals surface area contributed by atoms with Crippen molar-refractivity contribution in [3.63, 3.8) is 0 Å². The lowest BCUT2D eigenvalue weighted by Crippen LogP contribution is -2.37. The van der Waals surface area contributed by atoms with Crippen molar-refractivity contribution >= 4 is 23.2 Å². The third-order valence-electron chi connectivity index (χ3n) is 5.39. The molecular formula is C24H31N3O2. The third kappa shape index (κ3) is 6.63. The molecule has 5 nitrogen and oxygen atoms in total. The van der Waals surface area contributed by atoms with Crippen LogP contribution in [-0.4, -0.2) is 42.9 Å². The van der Waals surface area contributed by atoms with E-state index in [0.717, 1.165) is 31.6 Å². The minimum Gasteiger partial charge on any atom is -0.372 e. The van der Waals surface area contributed by atoms with Crippen LogP contribution in [0.25, 0.3) is 0 Å². The molecule has 1 aliphatic heterocycles. The van der Waals surface area contributed by atoms with Gasteiger partial charge in [-0.3, -0.25) is 9.59 Å². The van der Waals surface area contributed by atoms with Crippen molar-refractivity contribution in [2.45, 2.75) is 39.0 Å². The lowest BCUT2D eigenvalue weighted by Gasteiger charge is -2.28. The number of carbonyl (C=O) groups is 2. The molecule has 5 heteroatoms. The number of piperidine rings is 1. The Morgan fingerprint density at radius 1 is 0.966 bits per heavy atom. The number of hydrogen-bond donors (Lipinski definition) is 1. The fourth-order valence-corrected chi connectivity index (χ4v) is 3.75. The predicted octanol–water partition coefficient (Wildman–Crippen LogP) is 4.10. The zero-order valence-corrected chi connectivity index (χ0v) is 17.3. The number of rotatable bonds is 8. The molecule has 0 aromatic heterocycles. The number of nitrogens with one attached hydrogen (secondary N) is 1. The summed E-state index contributed by atoms with van der Waals surface area (Å²) in [7, 11) is 0. The Bertz CT molecular complexity index is 784. The molecule has 1 N–H and O–H groups in total. The second kappa shape index (κ2) is 10.6. The summed E-state index contributed by atoms with van der Waals surface area (Å²) in [5.74, 6) is -0.237. The molecule has 1 heterocycles. The summed E-state index contributed by atoms with van der Waals surface area (Å²) >= 11 is 0. The van der Waals surface area contributed by atoms with Gasteiger partial charge in [-0.25, -0.2) is 0 Å². The van der Waals surface area contributed by atoms with Gasteiger partial charge in [0.25, 0.3) is 0 Å². The lowest BCUT2D eigenvalue weighted by atomic mass is 10.1. The van der Waals surface area contributed by atoms with Gasteiger partial charge in [-0.1, -0.05) is 30.3 Å². The van der Waals surface area contributed by atoms with Crippen LogP contribution >= 0.6 is 0 Å². The van der Waals surface area contributed by atoms with E-state index >= 15 is 0 Å². The maximum atomic E-state index is 12.4. The molecule has 1 fully saturated rings. The largest absolute Gasteiger partial charge is 0.372 e. The summed E-state index contributed by atoms with van der Waals surface area (Å²) in [6, 6.07) is 18.2. The van der Waals surface area contributed by atoms with E-state index in [4.69, 9.17) is 0 Å². The second-order valence-corrected chi connectivity index (χ2v) is 7.67. The van der Waals surface area contributed by atoms with Gasteiger partial charge in [0, 0.05) is 37.9 Å². The number of aryl methyl sites for hydroxylation is 1. The topological polar surface area (TPSA) is 52.7 Å². The standard InChI is InChI=1S/C24H31N3O2/c1-20(28)27(18-8-11-21-9-4-2-5-10-21)19-24(29)25-22-12-14-23(15-13-22)26-16-6-3-7-17-26/h2,4-5,9-10,12-15H,3,6-8,11,16-19H2,1H3,(H,25,29). The maximum absolute atomic E-state index is 12.4. The van der Waals surface area contributed by atoms with Crippen LogP contribution in [0.4, 0.5) is 11.4 Å². The molecule has 2 aromatic rings. The summed E-state index contributed by atoms with van der Waals surface area (Å²) in [6.45, 7) is 4.37. The smallest absolute Gasteiger partial charge is 0.243 e. The Balaban J connectivity index is 1.47. The number of hydrogen-bond acceptors (Lipinski definition) is 3. The van der Waals surface area contributed by atoms with Gasteiger partial charge in [-0.15, -0.1) is 0 Å². The molecule has 0 radical (unpaired) electrons. The van der Waals surface area contributed by atoms with E-state index in [1.807, 2.05) is 30.3 Å². The first-order chi connectivity index (χ1) is 14.1. The SMILES string of the molecule is CC(=O)N(CCCc1ccccc1)CC(=O)Nc1ccc(N2CCCCC2)cc1. The number of carbonyl (C=O) groups excluding carboxylic acids is 2. The highest BCUT2D eigenvalue weighted by Crippen LogP contribution is 2.21. The molecule has 1 aliphatic rings. The second-order valence-electron chi connectivity index (χ2n) is 7.67. The summed E-state index contributed by atoms with van der Waals surface area (Å²) in [4.78, 5) is 28.4. The molecule has 0 aliphatic carbocycles. The fraction of sp³-hybridized carbons (Fsp3) is 0.417. The molecule has 2 amide bonds. The van der Waals surface area contributed by atoms with Crippen molar-refractivity contribution < 1.29 is 9.59 Å².